The predicted octanol–water partition coefficient (Wildman–Crippen LogP) is 3.22. The number of hydrogen-bond acceptors (Lipinski definition) is 2. The van der Waals surface area contributed by atoms with Gasteiger partial charge < -0.3 is 4.98 Å². The zero-order chi connectivity index (χ0) is 8.04. The number of imidazole rings is 1. The Hall–Kier alpha value is 0.310. The van der Waals surface area contributed by atoms with E-state index >= 15 is 0 Å². The highest BCUT2D eigenvalue weighted by atomic mass is 36.0. The summed E-state index contributed by atoms with van der Waals surface area (Å²) in [6.07, 6.45) is 5.08. The summed E-state index contributed by atoms with van der Waals surface area (Å²) >= 11 is 13.8. The van der Waals surface area contributed by atoms with Gasteiger partial charge in [-0.15, -0.1) is 0 Å². The molecule has 0 amide bonds. The van der Waals surface area contributed by atoms with Crippen molar-refractivity contribution in [2.24, 2.45) is 0 Å². The second kappa shape index (κ2) is 5.03. The number of nitrogens with zero attached hydrogens (tertiary/aromatic N) is 1. The number of rotatable bonds is 0. The summed E-state index contributed by atoms with van der Waals surface area (Å²) in [4.78, 5) is 6.42. The van der Waals surface area contributed by atoms with E-state index in [9.17, 15) is 4.57 Å². The van der Waals surface area contributed by atoms with E-state index < -0.39 is 5.20 Å². The first-order valence-corrected chi connectivity index (χ1v) is 6.54. The van der Waals surface area contributed by atoms with E-state index in [1.165, 1.54) is 0 Å². The minimum absolute atomic E-state index is 1.62. The minimum Gasteiger partial charge on any atom is -0.351 e. The lowest BCUT2D eigenvalue weighted by Gasteiger charge is -1.74. The third-order valence-electron chi connectivity index (χ3n) is 0.406. The van der Waals surface area contributed by atoms with Crippen LogP contribution in [-0.4, -0.2) is 9.97 Å². The van der Waals surface area contributed by atoms with Crippen molar-refractivity contribution in [2.75, 3.05) is 0 Å². The van der Waals surface area contributed by atoms with E-state index in [0.29, 0.717) is 0 Å². The van der Waals surface area contributed by atoms with Gasteiger partial charge in [-0.05, 0) is 33.7 Å². The average molecular weight is 221 g/mol. The quantitative estimate of drug-likeness (QED) is 0.684. The smallest absolute Gasteiger partial charge is 0.339 e. The molecule has 1 N–H and O–H groups in total. The Balaban J connectivity index is 0.000000162. The van der Waals surface area contributed by atoms with Crippen molar-refractivity contribution in [3.05, 3.63) is 18.7 Å². The molecular weight excluding hydrogens is 217 g/mol. The Morgan fingerprint density at radius 1 is 1.40 bits per heavy atom. The highest BCUT2D eigenvalue weighted by Gasteiger charge is 2.02. The lowest BCUT2D eigenvalue weighted by atomic mass is 11.0. The standard InChI is InChI=1S/C3H4N2.Cl3OP/c1-2-5-3-4-1;1-5(2,3)4/h1-3H,(H,4,5);. The second-order valence-corrected chi connectivity index (χ2v) is 7.80. The summed E-state index contributed by atoms with van der Waals surface area (Å²) in [5.74, 6) is 0. The van der Waals surface area contributed by atoms with Crippen molar-refractivity contribution in [3.63, 3.8) is 0 Å². The molecule has 10 heavy (non-hydrogen) atoms. The van der Waals surface area contributed by atoms with Gasteiger partial charge in [0.1, 0.15) is 0 Å². The monoisotopic (exact) mass is 220 g/mol. The molecule has 7 heteroatoms. The Kier molecular flexibility index (Phi) is 5.18. The lowest BCUT2D eigenvalue weighted by Crippen LogP contribution is -1.44. The molecule has 0 aromatic carbocycles. The van der Waals surface area contributed by atoms with Crippen LogP contribution in [0.5, 0.6) is 0 Å². The van der Waals surface area contributed by atoms with Gasteiger partial charge in [0.05, 0.1) is 6.33 Å². The first kappa shape index (κ1) is 10.3. The topological polar surface area (TPSA) is 45.8 Å². The third kappa shape index (κ3) is 15.7. The van der Waals surface area contributed by atoms with Crippen LogP contribution in [0.1, 0.15) is 0 Å². The number of aromatic amines is 1. The van der Waals surface area contributed by atoms with E-state index in [2.05, 4.69) is 43.7 Å². The average Bonchev–Trinajstić information content (AvgIpc) is 2.07. The maximum absolute atomic E-state index is 9.51. The molecule has 0 radical (unpaired) electrons. The van der Waals surface area contributed by atoms with E-state index in [4.69, 9.17) is 0 Å². The normalized spacial score (nSPS) is 9.90. The van der Waals surface area contributed by atoms with Gasteiger partial charge in [-0.25, -0.2) is 4.98 Å². The number of nitrogens with one attached hydrogen (secondary N) is 1. The van der Waals surface area contributed by atoms with Gasteiger partial charge in [0.2, 0.25) is 0 Å². The van der Waals surface area contributed by atoms with Crippen molar-refractivity contribution in [3.8, 4) is 0 Å². The van der Waals surface area contributed by atoms with Gasteiger partial charge in [0.25, 0.3) is 0 Å². The van der Waals surface area contributed by atoms with Crippen LogP contribution >= 0.6 is 38.9 Å². The number of aromatic nitrogens is 2. The zero-order valence-electron chi connectivity index (χ0n) is 4.67. The molecule has 1 rings (SSSR count). The fraction of sp³-hybridized carbons (Fsp3) is 0. The fourth-order valence-electron chi connectivity index (χ4n) is 0.215. The van der Waals surface area contributed by atoms with Gasteiger partial charge in [0, 0.05) is 12.4 Å². The van der Waals surface area contributed by atoms with Crippen LogP contribution in [0.3, 0.4) is 0 Å². The number of hydrogen-bond donors (Lipinski definition) is 1. The van der Waals surface area contributed by atoms with Crippen LogP contribution < -0.4 is 0 Å². The van der Waals surface area contributed by atoms with Crippen LogP contribution in [0.15, 0.2) is 18.7 Å². The number of halogens is 3. The Labute approximate surface area is 72.4 Å². The largest absolute Gasteiger partial charge is 0.351 e. The fourth-order valence-corrected chi connectivity index (χ4v) is 0.215. The lowest BCUT2D eigenvalue weighted by molar-refractivity contribution is 0.600. The molecule has 0 saturated carbocycles. The Bertz CT molecular complexity index is 170. The van der Waals surface area contributed by atoms with E-state index in [1.54, 1.807) is 18.7 Å². The molecule has 0 unspecified atom stereocenters. The van der Waals surface area contributed by atoms with Crippen molar-refractivity contribution in [1.82, 2.24) is 9.97 Å². The SMILES string of the molecule is O=P(Cl)(Cl)Cl.c1c[nH]cn1. The van der Waals surface area contributed by atoms with E-state index in [1.807, 2.05) is 0 Å². The molecule has 1 heterocycles. The first-order chi connectivity index (χ1) is 4.50. The maximum Gasteiger partial charge on any atom is 0.339 e. The van der Waals surface area contributed by atoms with Crippen LogP contribution in [0.2, 0.25) is 0 Å². The summed E-state index contributed by atoms with van der Waals surface area (Å²) < 4.78 is 9.51. The van der Waals surface area contributed by atoms with Crippen LogP contribution in [0.25, 0.3) is 0 Å². The van der Waals surface area contributed by atoms with Crippen molar-refractivity contribution in [2.45, 2.75) is 0 Å². The molecule has 3 nitrogen and oxygen atoms in total. The van der Waals surface area contributed by atoms with Crippen molar-refractivity contribution < 1.29 is 4.57 Å². The van der Waals surface area contributed by atoms with Crippen LogP contribution in [-0.2, 0) is 4.57 Å². The van der Waals surface area contributed by atoms with Gasteiger partial charge in [-0.2, -0.15) is 0 Å². The first-order valence-electron chi connectivity index (χ1n) is 2.12. The minimum atomic E-state index is -3.22. The number of H-pyrrole nitrogens is 1. The van der Waals surface area contributed by atoms with Crippen molar-refractivity contribution in [1.29, 1.82) is 0 Å². The van der Waals surface area contributed by atoms with Crippen LogP contribution in [0, 0.1) is 0 Å². The van der Waals surface area contributed by atoms with Crippen LogP contribution in [0.4, 0.5) is 0 Å². The highest BCUT2D eigenvalue weighted by molar-refractivity contribution is 8.24. The molecule has 0 bridgehead atoms. The molecule has 0 atom stereocenters. The highest BCUT2D eigenvalue weighted by Crippen LogP contribution is 2.61. The molecule has 1 aromatic rings. The summed E-state index contributed by atoms with van der Waals surface area (Å²) in [7, 11) is 0. The molecule has 0 aliphatic carbocycles. The Morgan fingerprint density at radius 2 is 1.90 bits per heavy atom. The molecule has 0 saturated heterocycles. The summed E-state index contributed by atoms with van der Waals surface area (Å²) in [5.41, 5.74) is 0. The van der Waals surface area contributed by atoms with Gasteiger partial charge in [0.15, 0.2) is 0 Å². The van der Waals surface area contributed by atoms with Crippen molar-refractivity contribution >= 4 is 38.9 Å². The van der Waals surface area contributed by atoms with Gasteiger partial charge in [-0.3, -0.25) is 4.57 Å². The second-order valence-electron chi connectivity index (χ2n) is 1.16. The molecule has 1 aromatic heterocycles. The van der Waals surface area contributed by atoms with E-state index in [0.717, 1.165) is 0 Å². The Morgan fingerprint density at radius 3 is 2.00 bits per heavy atom. The van der Waals surface area contributed by atoms with Gasteiger partial charge >= 0.3 is 5.20 Å². The zero-order valence-corrected chi connectivity index (χ0v) is 7.83. The molecule has 0 spiro atoms. The summed E-state index contributed by atoms with van der Waals surface area (Å²) in [6.45, 7) is 0. The molecule has 58 valence electrons. The molecule has 0 aliphatic rings. The molecule has 0 fully saturated rings. The van der Waals surface area contributed by atoms with E-state index in [-0.39, 0.29) is 0 Å². The molecular formula is C3H4Cl3N2OP. The summed E-state index contributed by atoms with van der Waals surface area (Å²) in [6, 6.07) is 0. The summed E-state index contributed by atoms with van der Waals surface area (Å²) in [5, 5.41) is -3.22. The maximum atomic E-state index is 9.51. The van der Waals surface area contributed by atoms with Gasteiger partial charge in [-0.1, -0.05) is 0 Å². The third-order valence-corrected chi connectivity index (χ3v) is 0.406. The predicted molar refractivity (Wildman–Crippen MR) is 43.8 cm³/mol. The molecule has 0 aliphatic heterocycles.